The number of para-hydroxylation sites is 1. The Balaban J connectivity index is 0.00000161. The van der Waals surface area contributed by atoms with Crippen LogP contribution in [0.2, 0.25) is 0 Å². The van der Waals surface area contributed by atoms with Crippen LogP contribution in [0.1, 0.15) is 31.7 Å². The van der Waals surface area contributed by atoms with E-state index >= 15 is 0 Å². The van der Waals surface area contributed by atoms with Crippen molar-refractivity contribution in [3.05, 3.63) is 29.8 Å². The number of hydrogen-bond acceptors (Lipinski definition) is 3. The highest BCUT2D eigenvalue weighted by Gasteiger charge is 2.53. The van der Waals surface area contributed by atoms with E-state index in [9.17, 15) is 4.79 Å². The van der Waals surface area contributed by atoms with E-state index in [4.69, 9.17) is 4.74 Å². The lowest BCUT2D eigenvalue weighted by molar-refractivity contribution is -0.123. The van der Waals surface area contributed by atoms with Crippen molar-refractivity contribution < 1.29 is 9.53 Å². The molecule has 0 radical (unpaired) electrons. The SMILES string of the molecule is COc1ccccc1C1(C)CC1NC(=O)C1CCCN1.Cl. The van der Waals surface area contributed by atoms with Crippen molar-refractivity contribution in [1.29, 1.82) is 0 Å². The number of carbonyl (C=O) groups is 1. The number of nitrogens with one attached hydrogen (secondary N) is 2. The first-order chi connectivity index (χ1) is 9.65. The Hall–Kier alpha value is -1.26. The zero-order valence-corrected chi connectivity index (χ0v) is 13.3. The van der Waals surface area contributed by atoms with Gasteiger partial charge in [-0.3, -0.25) is 4.79 Å². The van der Waals surface area contributed by atoms with Crippen LogP contribution in [0, 0.1) is 0 Å². The lowest BCUT2D eigenvalue weighted by Gasteiger charge is -2.17. The highest BCUT2D eigenvalue weighted by Crippen LogP contribution is 2.51. The van der Waals surface area contributed by atoms with Crippen molar-refractivity contribution in [3.63, 3.8) is 0 Å². The van der Waals surface area contributed by atoms with Gasteiger partial charge in [-0.1, -0.05) is 25.1 Å². The molecule has 0 aromatic heterocycles. The van der Waals surface area contributed by atoms with Gasteiger partial charge in [0, 0.05) is 17.0 Å². The van der Waals surface area contributed by atoms with Gasteiger partial charge in [0.25, 0.3) is 0 Å². The van der Waals surface area contributed by atoms with Crippen LogP contribution in [-0.4, -0.2) is 31.6 Å². The molecule has 2 aliphatic rings. The zero-order chi connectivity index (χ0) is 14.2. The molecule has 5 heteroatoms. The molecule has 1 aliphatic heterocycles. The van der Waals surface area contributed by atoms with Crippen LogP contribution < -0.4 is 15.4 Å². The van der Waals surface area contributed by atoms with E-state index < -0.39 is 0 Å². The van der Waals surface area contributed by atoms with Crippen LogP contribution in [0.3, 0.4) is 0 Å². The van der Waals surface area contributed by atoms with E-state index in [1.165, 1.54) is 5.56 Å². The number of halogens is 1. The Bertz CT molecular complexity index is 517. The fraction of sp³-hybridized carbons (Fsp3) is 0.562. The second-order valence-electron chi connectivity index (χ2n) is 6.03. The summed E-state index contributed by atoms with van der Waals surface area (Å²) in [4.78, 5) is 12.2. The van der Waals surface area contributed by atoms with Gasteiger partial charge in [-0.2, -0.15) is 0 Å². The number of carbonyl (C=O) groups excluding carboxylic acids is 1. The van der Waals surface area contributed by atoms with Gasteiger partial charge in [0.2, 0.25) is 5.91 Å². The molecule has 21 heavy (non-hydrogen) atoms. The molecule has 1 saturated carbocycles. The number of hydrogen-bond donors (Lipinski definition) is 2. The van der Waals surface area contributed by atoms with Gasteiger partial charge in [-0.25, -0.2) is 0 Å². The quantitative estimate of drug-likeness (QED) is 0.894. The Kier molecular flexibility index (Phi) is 4.79. The van der Waals surface area contributed by atoms with Crippen LogP contribution in [0.15, 0.2) is 24.3 Å². The van der Waals surface area contributed by atoms with Crippen molar-refractivity contribution in [1.82, 2.24) is 10.6 Å². The smallest absolute Gasteiger partial charge is 0.237 e. The molecule has 3 unspecified atom stereocenters. The van der Waals surface area contributed by atoms with Crippen LogP contribution in [0.5, 0.6) is 5.75 Å². The summed E-state index contributed by atoms with van der Waals surface area (Å²) in [5.74, 6) is 1.05. The van der Waals surface area contributed by atoms with E-state index in [1.54, 1.807) is 7.11 Å². The number of benzene rings is 1. The predicted octanol–water partition coefficient (Wildman–Crippen LogP) is 2.02. The van der Waals surface area contributed by atoms with Gasteiger partial charge in [0.15, 0.2) is 0 Å². The summed E-state index contributed by atoms with van der Waals surface area (Å²) in [5, 5.41) is 6.42. The molecule has 0 bridgehead atoms. The molecule has 1 amide bonds. The van der Waals surface area contributed by atoms with Crippen LogP contribution >= 0.6 is 12.4 Å². The number of amides is 1. The highest BCUT2D eigenvalue weighted by molar-refractivity contribution is 5.85. The van der Waals surface area contributed by atoms with Crippen molar-refractivity contribution in [3.8, 4) is 5.75 Å². The number of rotatable bonds is 4. The monoisotopic (exact) mass is 310 g/mol. The topological polar surface area (TPSA) is 50.4 Å². The lowest BCUT2D eigenvalue weighted by Crippen LogP contribution is -2.42. The van der Waals surface area contributed by atoms with Crippen LogP contribution in [0.4, 0.5) is 0 Å². The Morgan fingerprint density at radius 2 is 2.19 bits per heavy atom. The molecule has 116 valence electrons. The first-order valence-electron chi connectivity index (χ1n) is 7.32. The molecule has 1 aliphatic carbocycles. The summed E-state index contributed by atoms with van der Waals surface area (Å²) >= 11 is 0. The molecular formula is C16H23ClN2O2. The van der Waals surface area contributed by atoms with Gasteiger partial charge < -0.3 is 15.4 Å². The van der Waals surface area contributed by atoms with Gasteiger partial charge in [0.05, 0.1) is 13.2 Å². The lowest BCUT2D eigenvalue weighted by atomic mass is 9.96. The molecule has 0 spiro atoms. The van der Waals surface area contributed by atoms with E-state index in [1.807, 2.05) is 18.2 Å². The minimum Gasteiger partial charge on any atom is -0.496 e. The molecule has 4 nitrogen and oxygen atoms in total. The average molecular weight is 311 g/mol. The third-order valence-corrected chi connectivity index (χ3v) is 4.65. The maximum atomic E-state index is 12.2. The maximum Gasteiger partial charge on any atom is 0.237 e. The second kappa shape index (κ2) is 6.24. The Morgan fingerprint density at radius 1 is 1.43 bits per heavy atom. The fourth-order valence-electron chi connectivity index (χ4n) is 3.17. The van der Waals surface area contributed by atoms with E-state index in [2.05, 4.69) is 23.6 Å². The predicted molar refractivity (Wildman–Crippen MR) is 85.2 cm³/mol. The summed E-state index contributed by atoms with van der Waals surface area (Å²) in [7, 11) is 1.70. The minimum atomic E-state index is -0.00230. The van der Waals surface area contributed by atoms with Crippen molar-refractivity contribution >= 4 is 18.3 Å². The normalized spacial score (nSPS) is 30.4. The summed E-state index contributed by atoms with van der Waals surface area (Å²) in [6, 6.07) is 8.30. The van der Waals surface area contributed by atoms with Gasteiger partial charge in [-0.15, -0.1) is 12.4 Å². The number of ether oxygens (including phenoxy) is 1. The maximum absolute atomic E-state index is 12.2. The Labute approximate surface area is 132 Å². The molecule has 1 aromatic rings. The van der Waals surface area contributed by atoms with E-state index in [-0.39, 0.29) is 35.8 Å². The van der Waals surface area contributed by atoms with Gasteiger partial charge in [-0.05, 0) is 31.9 Å². The molecule has 3 atom stereocenters. The molecule has 3 rings (SSSR count). The van der Waals surface area contributed by atoms with Crippen molar-refractivity contribution in [2.75, 3.05) is 13.7 Å². The zero-order valence-electron chi connectivity index (χ0n) is 12.5. The molecule has 2 fully saturated rings. The molecule has 2 N–H and O–H groups in total. The highest BCUT2D eigenvalue weighted by atomic mass is 35.5. The van der Waals surface area contributed by atoms with Crippen LogP contribution in [-0.2, 0) is 10.2 Å². The largest absolute Gasteiger partial charge is 0.496 e. The molecule has 1 heterocycles. The fourth-order valence-corrected chi connectivity index (χ4v) is 3.17. The molecular weight excluding hydrogens is 288 g/mol. The van der Waals surface area contributed by atoms with E-state index in [0.717, 1.165) is 31.6 Å². The second-order valence-corrected chi connectivity index (χ2v) is 6.03. The average Bonchev–Trinajstić information content (AvgIpc) is 2.92. The molecule has 1 aromatic carbocycles. The van der Waals surface area contributed by atoms with Crippen molar-refractivity contribution in [2.45, 2.75) is 43.7 Å². The summed E-state index contributed by atoms with van der Waals surface area (Å²) in [6.07, 6.45) is 3.02. The van der Waals surface area contributed by atoms with E-state index in [0.29, 0.717) is 0 Å². The summed E-state index contributed by atoms with van der Waals surface area (Å²) in [5.41, 5.74) is 1.19. The third-order valence-electron chi connectivity index (χ3n) is 4.65. The minimum absolute atomic E-state index is 0. The number of methoxy groups -OCH3 is 1. The first-order valence-corrected chi connectivity index (χ1v) is 7.32. The summed E-state index contributed by atoms with van der Waals surface area (Å²) < 4.78 is 5.44. The first kappa shape index (κ1) is 16.1. The molecule has 1 saturated heterocycles. The third kappa shape index (κ3) is 3.01. The van der Waals surface area contributed by atoms with Crippen LogP contribution in [0.25, 0.3) is 0 Å². The standard InChI is InChI=1S/C16H22N2O2.ClH/c1-16(11-6-3-4-8-13(11)20-2)10-14(16)18-15(19)12-7-5-9-17-12;/h3-4,6,8,12,14,17H,5,7,9-10H2,1-2H3,(H,18,19);1H. The Morgan fingerprint density at radius 3 is 2.86 bits per heavy atom. The van der Waals surface area contributed by atoms with Crippen molar-refractivity contribution in [2.24, 2.45) is 0 Å². The van der Waals surface area contributed by atoms with Gasteiger partial charge >= 0.3 is 0 Å². The van der Waals surface area contributed by atoms with Gasteiger partial charge in [0.1, 0.15) is 5.75 Å². The summed E-state index contributed by atoms with van der Waals surface area (Å²) in [6.45, 7) is 3.14.